The van der Waals surface area contributed by atoms with Gasteiger partial charge in [-0.2, -0.15) is 0 Å². The molecule has 0 atom stereocenters. The Hall–Kier alpha value is -4.32. The molecule has 0 fully saturated rings. The van der Waals surface area contributed by atoms with Crippen molar-refractivity contribution in [2.24, 2.45) is 5.16 Å². The Morgan fingerprint density at radius 1 is 0.875 bits per heavy atom. The second kappa shape index (κ2) is 11.4. The molecule has 0 unspecified atom stereocenters. The lowest BCUT2D eigenvalue weighted by Crippen LogP contribution is -2.26. The highest BCUT2D eigenvalue weighted by molar-refractivity contribution is 6.19. The van der Waals surface area contributed by atoms with Gasteiger partial charge in [-0.1, -0.05) is 99.3 Å². The van der Waals surface area contributed by atoms with Gasteiger partial charge in [0.25, 0.3) is 5.69 Å². The number of hydrogen-bond acceptors (Lipinski definition) is 5. The van der Waals surface area contributed by atoms with Gasteiger partial charge in [-0.05, 0) is 58.0 Å². The number of nitro benzene ring substituents is 1. The van der Waals surface area contributed by atoms with Crippen LogP contribution in [0.1, 0.15) is 81.5 Å². The molecule has 0 N–H and O–H groups in total. The number of rotatable bonds is 10. The number of hydrogen-bond donors (Lipinski definition) is 0. The van der Waals surface area contributed by atoms with Crippen molar-refractivity contribution in [1.29, 1.82) is 0 Å². The number of nitro groups is 1. The number of non-ortho nitro benzene ring substituents is 1. The molecule has 4 aromatic carbocycles. The van der Waals surface area contributed by atoms with Crippen LogP contribution in [0.25, 0.3) is 21.9 Å². The fraction of sp³-hybridized carbons (Fsp3) is 0.294. The molecule has 40 heavy (non-hydrogen) atoms. The van der Waals surface area contributed by atoms with Crippen LogP contribution in [0.4, 0.5) is 5.69 Å². The van der Waals surface area contributed by atoms with Gasteiger partial charge in [0.05, 0.1) is 4.92 Å². The second-order valence-corrected chi connectivity index (χ2v) is 10.6. The highest BCUT2D eigenvalue weighted by Crippen LogP contribution is 2.55. The fourth-order valence-electron chi connectivity index (χ4n) is 6.16. The minimum Gasteiger partial charge on any atom is -0.318 e. The highest BCUT2D eigenvalue weighted by atomic mass is 16.7. The van der Waals surface area contributed by atoms with E-state index in [4.69, 9.17) is 4.84 Å². The standard InChI is InChI=1S/C34H34N2O4/c1-4-6-19-34(20-7-5-2)31-21-25(15-17-28(31)29-18-16-26(36(38)39)22-32(29)34)33(35-40-23(3)37)30-14-10-12-24-11-8-9-13-27(24)30/h8-18,21-22H,4-7,19-20H2,1-3H3/b35-33+. The summed E-state index contributed by atoms with van der Waals surface area (Å²) in [5.74, 6) is -0.487. The number of oxime groups is 1. The topological polar surface area (TPSA) is 81.8 Å². The minimum absolute atomic E-state index is 0.122. The lowest BCUT2D eigenvalue weighted by Gasteiger charge is -2.32. The Kier molecular flexibility index (Phi) is 7.78. The zero-order valence-corrected chi connectivity index (χ0v) is 23.3. The number of fused-ring (bicyclic) bond motifs is 4. The van der Waals surface area contributed by atoms with Gasteiger partial charge >= 0.3 is 5.97 Å². The van der Waals surface area contributed by atoms with Gasteiger partial charge in [-0.15, -0.1) is 0 Å². The summed E-state index contributed by atoms with van der Waals surface area (Å²) in [7, 11) is 0. The highest BCUT2D eigenvalue weighted by Gasteiger charge is 2.43. The fourth-order valence-corrected chi connectivity index (χ4v) is 6.16. The lowest BCUT2D eigenvalue weighted by molar-refractivity contribution is -0.384. The molecule has 0 bridgehead atoms. The van der Waals surface area contributed by atoms with Crippen LogP contribution in [0.3, 0.4) is 0 Å². The number of carbonyl (C=O) groups is 1. The van der Waals surface area contributed by atoms with Crippen LogP contribution in [0.15, 0.2) is 84.0 Å². The molecule has 6 heteroatoms. The molecule has 0 amide bonds. The minimum atomic E-state index is -0.487. The molecule has 0 heterocycles. The molecule has 0 aliphatic heterocycles. The van der Waals surface area contributed by atoms with E-state index >= 15 is 0 Å². The number of unbranched alkanes of at least 4 members (excludes halogenated alkanes) is 2. The molecule has 0 aromatic heterocycles. The third kappa shape index (κ3) is 4.90. The molecule has 5 rings (SSSR count). The van der Waals surface area contributed by atoms with Crippen molar-refractivity contribution >= 4 is 28.1 Å². The van der Waals surface area contributed by atoms with Crippen LogP contribution < -0.4 is 0 Å². The number of carbonyl (C=O) groups excluding carboxylic acids is 1. The summed E-state index contributed by atoms with van der Waals surface area (Å²) in [6, 6.07) is 25.7. The first kappa shape index (κ1) is 27.3. The van der Waals surface area contributed by atoms with E-state index in [1.807, 2.05) is 42.5 Å². The third-order valence-electron chi connectivity index (χ3n) is 8.05. The largest absolute Gasteiger partial charge is 0.332 e. The van der Waals surface area contributed by atoms with E-state index in [1.165, 1.54) is 6.92 Å². The molecule has 0 saturated carbocycles. The molecule has 4 aromatic rings. The van der Waals surface area contributed by atoms with E-state index in [2.05, 4.69) is 43.3 Å². The van der Waals surface area contributed by atoms with Crippen molar-refractivity contribution in [2.75, 3.05) is 0 Å². The van der Waals surface area contributed by atoms with Crippen molar-refractivity contribution in [2.45, 2.75) is 64.7 Å². The first-order chi connectivity index (χ1) is 19.4. The Balaban J connectivity index is 1.75. The van der Waals surface area contributed by atoms with Crippen LogP contribution in [0.5, 0.6) is 0 Å². The van der Waals surface area contributed by atoms with Crippen molar-refractivity contribution in [3.63, 3.8) is 0 Å². The molecule has 6 nitrogen and oxygen atoms in total. The molecular weight excluding hydrogens is 500 g/mol. The summed E-state index contributed by atoms with van der Waals surface area (Å²) in [4.78, 5) is 28.6. The maximum Gasteiger partial charge on any atom is 0.332 e. The Morgan fingerprint density at radius 2 is 1.52 bits per heavy atom. The predicted molar refractivity (Wildman–Crippen MR) is 160 cm³/mol. The van der Waals surface area contributed by atoms with Gasteiger partial charge in [0, 0.05) is 35.6 Å². The summed E-state index contributed by atoms with van der Waals surface area (Å²) in [5.41, 5.74) is 6.44. The average Bonchev–Trinajstić information content (AvgIpc) is 3.23. The van der Waals surface area contributed by atoms with E-state index in [0.29, 0.717) is 5.71 Å². The lowest BCUT2D eigenvalue weighted by atomic mass is 9.70. The molecule has 0 radical (unpaired) electrons. The van der Waals surface area contributed by atoms with Crippen LogP contribution in [-0.4, -0.2) is 16.6 Å². The van der Waals surface area contributed by atoms with Crippen LogP contribution in [0, 0.1) is 10.1 Å². The van der Waals surface area contributed by atoms with E-state index in [9.17, 15) is 14.9 Å². The van der Waals surface area contributed by atoms with Crippen molar-refractivity contribution in [3.8, 4) is 11.1 Å². The number of nitrogens with zero attached hydrogens (tertiary/aromatic N) is 2. The Morgan fingerprint density at radius 3 is 2.20 bits per heavy atom. The zero-order chi connectivity index (χ0) is 28.3. The van der Waals surface area contributed by atoms with Crippen molar-refractivity contribution in [3.05, 3.63) is 111 Å². The Bertz CT molecular complexity index is 1610. The SMILES string of the molecule is CCCCC1(CCCC)c2cc(/C(=N\OC(C)=O)c3cccc4ccccc34)ccc2-c2ccc([N+](=O)[O-])cc21. The van der Waals surface area contributed by atoms with Crippen LogP contribution >= 0.6 is 0 Å². The maximum absolute atomic E-state index is 11.9. The summed E-state index contributed by atoms with van der Waals surface area (Å²) in [6.07, 6.45) is 5.88. The van der Waals surface area contributed by atoms with Gasteiger partial charge in [0.1, 0.15) is 5.71 Å². The Labute approximate surface area is 234 Å². The van der Waals surface area contributed by atoms with E-state index in [1.54, 1.807) is 12.1 Å². The van der Waals surface area contributed by atoms with E-state index < -0.39 is 5.97 Å². The van der Waals surface area contributed by atoms with Crippen molar-refractivity contribution in [1.82, 2.24) is 0 Å². The molecule has 0 spiro atoms. The predicted octanol–water partition coefficient (Wildman–Crippen LogP) is 8.71. The smallest absolute Gasteiger partial charge is 0.318 e. The summed E-state index contributed by atoms with van der Waals surface area (Å²) in [5, 5.41) is 18.3. The number of benzene rings is 4. The summed E-state index contributed by atoms with van der Waals surface area (Å²) in [6.45, 7) is 5.70. The quantitative estimate of drug-likeness (QED) is 0.0882. The molecule has 1 aliphatic rings. The monoisotopic (exact) mass is 534 g/mol. The second-order valence-electron chi connectivity index (χ2n) is 10.6. The zero-order valence-electron chi connectivity index (χ0n) is 23.3. The third-order valence-corrected chi connectivity index (χ3v) is 8.05. The molecular formula is C34H34N2O4. The van der Waals surface area contributed by atoms with Crippen LogP contribution in [0.2, 0.25) is 0 Å². The van der Waals surface area contributed by atoms with Gasteiger partial charge in [-0.3, -0.25) is 10.1 Å². The average molecular weight is 535 g/mol. The van der Waals surface area contributed by atoms with Gasteiger partial charge in [0.2, 0.25) is 0 Å². The van der Waals surface area contributed by atoms with Crippen LogP contribution in [-0.2, 0) is 15.0 Å². The first-order valence-electron chi connectivity index (χ1n) is 14.1. The normalized spacial score (nSPS) is 13.6. The summed E-state index contributed by atoms with van der Waals surface area (Å²) >= 11 is 0. The molecule has 0 saturated heterocycles. The van der Waals surface area contributed by atoms with Gasteiger partial charge < -0.3 is 4.84 Å². The maximum atomic E-state index is 11.9. The van der Waals surface area contributed by atoms with E-state index in [0.717, 1.165) is 82.7 Å². The molecule has 1 aliphatic carbocycles. The van der Waals surface area contributed by atoms with Crippen molar-refractivity contribution < 1.29 is 14.6 Å². The first-order valence-corrected chi connectivity index (χ1v) is 14.1. The summed E-state index contributed by atoms with van der Waals surface area (Å²) < 4.78 is 0. The van der Waals surface area contributed by atoms with Gasteiger partial charge in [0.15, 0.2) is 0 Å². The van der Waals surface area contributed by atoms with E-state index in [-0.39, 0.29) is 16.0 Å². The molecule has 204 valence electrons. The van der Waals surface area contributed by atoms with Gasteiger partial charge in [-0.25, -0.2) is 4.79 Å².